The summed E-state index contributed by atoms with van der Waals surface area (Å²) in [5.41, 5.74) is 6.90. The summed E-state index contributed by atoms with van der Waals surface area (Å²) < 4.78 is 2.11. The number of nitrogens with one attached hydrogen (secondary N) is 1. The van der Waals surface area contributed by atoms with Crippen LogP contribution in [-0.2, 0) is 6.54 Å². The third kappa shape index (κ3) is 3.18. The highest BCUT2D eigenvalue weighted by Gasteiger charge is 2.12. The number of rotatable bonds is 7. The molecule has 0 aliphatic rings. The van der Waals surface area contributed by atoms with Gasteiger partial charge in [-0.05, 0) is 19.9 Å². The van der Waals surface area contributed by atoms with Crippen molar-refractivity contribution in [2.75, 3.05) is 13.1 Å². The van der Waals surface area contributed by atoms with Crippen LogP contribution in [0, 0.1) is 0 Å². The van der Waals surface area contributed by atoms with Gasteiger partial charge in [0.25, 0.3) is 0 Å². The molecule has 1 rings (SSSR count). The van der Waals surface area contributed by atoms with E-state index in [-0.39, 0.29) is 6.04 Å². The molecule has 0 aromatic carbocycles. The molecule has 0 radical (unpaired) electrons. The molecule has 1 atom stereocenters. The predicted molar refractivity (Wildman–Crippen MR) is 62.5 cm³/mol. The minimum Gasteiger partial charge on any atom is -0.333 e. The molecule has 1 heterocycles. The Morgan fingerprint density at radius 1 is 1.73 bits per heavy atom. The van der Waals surface area contributed by atoms with Crippen LogP contribution in [0.15, 0.2) is 25.2 Å². The van der Waals surface area contributed by atoms with E-state index < -0.39 is 0 Å². The van der Waals surface area contributed by atoms with Crippen LogP contribution in [0.2, 0.25) is 0 Å². The summed E-state index contributed by atoms with van der Waals surface area (Å²) in [6, 6.07) is 0.187. The van der Waals surface area contributed by atoms with Gasteiger partial charge in [0.05, 0.1) is 18.1 Å². The van der Waals surface area contributed by atoms with E-state index in [2.05, 4.69) is 28.4 Å². The Bertz CT molecular complexity index is 293. The topological polar surface area (TPSA) is 55.9 Å². The standard InChI is InChI=1S/C11H20N4/c1-3-5-6-14-10(7-12)11-8-13-9-15(11)4-2/h3,8-10,14H,1,4-7,12H2,2H3. The highest BCUT2D eigenvalue weighted by atomic mass is 15.1. The molecule has 0 saturated carbocycles. The maximum absolute atomic E-state index is 5.74. The van der Waals surface area contributed by atoms with Crippen molar-refractivity contribution in [1.29, 1.82) is 0 Å². The number of aryl methyl sites for hydroxylation is 1. The Morgan fingerprint density at radius 3 is 3.13 bits per heavy atom. The van der Waals surface area contributed by atoms with Gasteiger partial charge in [-0.25, -0.2) is 4.98 Å². The van der Waals surface area contributed by atoms with Crippen molar-refractivity contribution in [2.45, 2.75) is 25.9 Å². The second-order valence-electron chi connectivity index (χ2n) is 3.42. The zero-order chi connectivity index (χ0) is 11.1. The van der Waals surface area contributed by atoms with E-state index >= 15 is 0 Å². The van der Waals surface area contributed by atoms with Crippen molar-refractivity contribution in [3.63, 3.8) is 0 Å². The minimum absolute atomic E-state index is 0.187. The van der Waals surface area contributed by atoms with Crippen LogP contribution in [0.1, 0.15) is 25.1 Å². The van der Waals surface area contributed by atoms with Crippen LogP contribution >= 0.6 is 0 Å². The fourth-order valence-corrected chi connectivity index (χ4v) is 1.55. The fraction of sp³-hybridized carbons (Fsp3) is 0.545. The molecule has 15 heavy (non-hydrogen) atoms. The Morgan fingerprint density at radius 2 is 2.53 bits per heavy atom. The second kappa shape index (κ2) is 6.37. The van der Waals surface area contributed by atoms with Gasteiger partial charge in [-0.1, -0.05) is 6.08 Å². The monoisotopic (exact) mass is 208 g/mol. The molecule has 0 aliphatic heterocycles. The van der Waals surface area contributed by atoms with Crippen molar-refractivity contribution in [1.82, 2.24) is 14.9 Å². The van der Waals surface area contributed by atoms with Crippen molar-refractivity contribution in [2.24, 2.45) is 5.73 Å². The third-order valence-corrected chi connectivity index (χ3v) is 2.42. The lowest BCUT2D eigenvalue weighted by Gasteiger charge is -2.17. The van der Waals surface area contributed by atoms with E-state index in [1.165, 1.54) is 0 Å². The predicted octanol–water partition coefficient (Wildman–Crippen LogP) is 1.07. The Labute approximate surface area is 91.2 Å². The van der Waals surface area contributed by atoms with Gasteiger partial charge in [-0.3, -0.25) is 0 Å². The molecule has 84 valence electrons. The summed E-state index contributed by atoms with van der Waals surface area (Å²) in [5, 5.41) is 3.39. The molecule has 4 nitrogen and oxygen atoms in total. The molecule has 4 heteroatoms. The molecule has 0 amide bonds. The summed E-state index contributed by atoms with van der Waals surface area (Å²) in [7, 11) is 0. The van der Waals surface area contributed by atoms with Gasteiger partial charge in [0, 0.05) is 19.3 Å². The fourth-order valence-electron chi connectivity index (χ4n) is 1.55. The average molecular weight is 208 g/mol. The number of imidazole rings is 1. The number of hydrogen-bond donors (Lipinski definition) is 2. The zero-order valence-electron chi connectivity index (χ0n) is 9.32. The Hall–Kier alpha value is -1.13. The zero-order valence-corrected chi connectivity index (χ0v) is 9.32. The third-order valence-electron chi connectivity index (χ3n) is 2.42. The minimum atomic E-state index is 0.187. The molecule has 0 fully saturated rings. The first-order valence-corrected chi connectivity index (χ1v) is 5.37. The van der Waals surface area contributed by atoms with Crippen LogP contribution in [0.25, 0.3) is 0 Å². The van der Waals surface area contributed by atoms with Crippen molar-refractivity contribution < 1.29 is 0 Å². The van der Waals surface area contributed by atoms with Crippen LogP contribution in [-0.4, -0.2) is 22.6 Å². The highest BCUT2D eigenvalue weighted by Crippen LogP contribution is 2.10. The van der Waals surface area contributed by atoms with Crippen LogP contribution in [0.3, 0.4) is 0 Å². The van der Waals surface area contributed by atoms with E-state index in [4.69, 9.17) is 5.73 Å². The smallest absolute Gasteiger partial charge is 0.0948 e. The summed E-state index contributed by atoms with van der Waals surface area (Å²) in [6.45, 7) is 8.21. The maximum atomic E-state index is 5.74. The van der Waals surface area contributed by atoms with Gasteiger partial charge in [0.1, 0.15) is 0 Å². The van der Waals surface area contributed by atoms with Crippen molar-refractivity contribution in [3.8, 4) is 0 Å². The molecule has 1 aromatic heterocycles. The highest BCUT2D eigenvalue weighted by molar-refractivity contribution is 5.06. The van der Waals surface area contributed by atoms with Gasteiger partial charge in [0.15, 0.2) is 0 Å². The van der Waals surface area contributed by atoms with Gasteiger partial charge in [-0.2, -0.15) is 0 Å². The molecular weight excluding hydrogens is 188 g/mol. The van der Waals surface area contributed by atoms with Crippen LogP contribution < -0.4 is 11.1 Å². The van der Waals surface area contributed by atoms with E-state index in [0.717, 1.165) is 25.2 Å². The van der Waals surface area contributed by atoms with E-state index in [0.29, 0.717) is 6.54 Å². The first kappa shape index (κ1) is 11.9. The SMILES string of the molecule is C=CCCNC(CN)c1cncn1CC. The molecule has 0 bridgehead atoms. The molecule has 1 aromatic rings. The average Bonchev–Trinajstić information content (AvgIpc) is 2.72. The second-order valence-corrected chi connectivity index (χ2v) is 3.42. The molecular formula is C11H20N4. The number of nitrogens with zero attached hydrogens (tertiary/aromatic N) is 2. The first-order chi connectivity index (χ1) is 7.33. The molecule has 1 unspecified atom stereocenters. The lowest BCUT2D eigenvalue weighted by molar-refractivity contribution is 0.511. The van der Waals surface area contributed by atoms with E-state index in [9.17, 15) is 0 Å². The van der Waals surface area contributed by atoms with Crippen LogP contribution in [0.5, 0.6) is 0 Å². The summed E-state index contributed by atoms with van der Waals surface area (Å²) in [4.78, 5) is 4.14. The summed E-state index contributed by atoms with van der Waals surface area (Å²) in [6.07, 6.45) is 6.57. The molecule has 3 N–H and O–H groups in total. The first-order valence-electron chi connectivity index (χ1n) is 5.37. The largest absolute Gasteiger partial charge is 0.333 e. The summed E-state index contributed by atoms with van der Waals surface area (Å²) >= 11 is 0. The maximum Gasteiger partial charge on any atom is 0.0948 e. The molecule has 0 aliphatic carbocycles. The quantitative estimate of drug-likeness (QED) is 0.520. The van der Waals surface area contributed by atoms with Gasteiger partial charge >= 0.3 is 0 Å². The van der Waals surface area contributed by atoms with Gasteiger partial charge in [0.2, 0.25) is 0 Å². The van der Waals surface area contributed by atoms with Gasteiger partial charge in [-0.15, -0.1) is 6.58 Å². The van der Waals surface area contributed by atoms with Crippen molar-refractivity contribution >= 4 is 0 Å². The lowest BCUT2D eigenvalue weighted by atomic mass is 10.2. The number of nitrogens with two attached hydrogens (primary N) is 1. The van der Waals surface area contributed by atoms with Crippen molar-refractivity contribution in [3.05, 3.63) is 30.9 Å². The van der Waals surface area contributed by atoms with E-state index in [1.807, 2.05) is 18.6 Å². The summed E-state index contributed by atoms with van der Waals surface area (Å²) in [5.74, 6) is 0. The lowest BCUT2D eigenvalue weighted by Crippen LogP contribution is -2.30. The normalized spacial score (nSPS) is 12.7. The van der Waals surface area contributed by atoms with Crippen LogP contribution in [0.4, 0.5) is 0 Å². The molecule has 0 spiro atoms. The number of aromatic nitrogens is 2. The molecule has 0 saturated heterocycles. The Kier molecular flexibility index (Phi) is 5.07. The number of hydrogen-bond acceptors (Lipinski definition) is 3. The van der Waals surface area contributed by atoms with E-state index in [1.54, 1.807) is 0 Å². The Balaban J connectivity index is 2.60. The van der Waals surface area contributed by atoms with Gasteiger partial charge < -0.3 is 15.6 Å².